The molecule has 0 fully saturated rings. The number of nitrogens with zero attached hydrogens (tertiary/aromatic N) is 2. The molecule has 0 saturated carbocycles. The number of ether oxygens (including phenoxy) is 2. The molecule has 2 aromatic carbocycles. The van der Waals surface area contributed by atoms with Crippen LogP contribution in [0.25, 0.3) is 0 Å². The molecule has 0 aromatic heterocycles. The Kier molecular flexibility index (Phi) is 7.73. The number of halogens is 1. The number of nitrogens with one attached hydrogen (secondary N) is 1. The lowest BCUT2D eigenvalue weighted by molar-refractivity contribution is 0.270. The number of rotatable bonds is 8. The standard InChI is InChI=1S/C20H26FN3O3/c1-4-22-20(23-14-15-13-16(26-3)9-10-18(15)25)24(2)11-12-27-19-8-6-5-7-17(19)21/h5-10,13,25H,4,11-12,14H2,1-3H3,(H,22,23). The van der Waals surface area contributed by atoms with E-state index in [4.69, 9.17) is 9.47 Å². The van der Waals surface area contributed by atoms with Crippen molar-refractivity contribution < 1.29 is 19.0 Å². The molecule has 2 rings (SSSR count). The Bertz CT molecular complexity index is 768. The minimum atomic E-state index is -0.380. The van der Waals surface area contributed by atoms with Gasteiger partial charge in [0.25, 0.3) is 0 Å². The maximum Gasteiger partial charge on any atom is 0.194 e. The van der Waals surface area contributed by atoms with Gasteiger partial charge in [-0.2, -0.15) is 0 Å². The van der Waals surface area contributed by atoms with Crippen LogP contribution in [0.1, 0.15) is 12.5 Å². The Labute approximate surface area is 159 Å². The predicted octanol–water partition coefficient (Wildman–Crippen LogP) is 3.02. The molecule has 0 spiro atoms. The van der Waals surface area contributed by atoms with Gasteiger partial charge in [-0.25, -0.2) is 9.38 Å². The van der Waals surface area contributed by atoms with Crippen molar-refractivity contribution in [1.82, 2.24) is 10.2 Å². The van der Waals surface area contributed by atoms with Gasteiger partial charge < -0.3 is 24.8 Å². The molecule has 2 N–H and O–H groups in total. The normalized spacial score (nSPS) is 11.2. The van der Waals surface area contributed by atoms with Crippen LogP contribution in [-0.4, -0.2) is 49.8 Å². The summed E-state index contributed by atoms with van der Waals surface area (Å²) in [7, 11) is 3.45. The number of aromatic hydroxyl groups is 1. The first-order chi connectivity index (χ1) is 13.0. The minimum absolute atomic E-state index is 0.168. The van der Waals surface area contributed by atoms with Gasteiger partial charge >= 0.3 is 0 Å². The van der Waals surface area contributed by atoms with Gasteiger partial charge in [-0.05, 0) is 37.3 Å². The fraction of sp³-hybridized carbons (Fsp3) is 0.350. The summed E-state index contributed by atoms with van der Waals surface area (Å²) >= 11 is 0. The zero-order chi connectivity index (χ0) is 19.6. The third-order valence-corrected chi connectivity index (χ3v) is 3.90. The van der Waals surface area contributed by atoms with Crippen molar-refractivity contribution in [2.24, 2.45) is 4.99 Å². The minimum Gasteiger partial charge on any atom is -0.508 e. The van der Waals surface area contributed by atoms with E-state index >= 15 is 0 Å². The molecule has 6 nitrogen and oxygen atoms in total. The summed E-state index contributed by atoms with van der Waals surface area (Å²) in [5.41, 5.74) is 0.667. The molecule has 0 atom stereocenters. The molecule has 7 heteroatoms. The van der Waals surface area contributed by atoms with Crippen LogP contribution in [0, 0.1) is 5.82 Å². The number of benzene rings is 2. The summed E-state index contributed by atoms with van der Waals surface area (Å²) in [5.74, 6) is 1.34. The van der Waals surface area contributed by atoms with E-state index < -0.39 is 0 Å². The van der Waals surface area contributed by atoms with Crippen LogP contribution in [0.5, 0.6) is 17.2 Å². The molecule has 0 aliphatic heterocycles. The van der Waals surface area contributed by atoms with Gasteiger partial charge in [-0.3, -0.25) is 0 Å². The van der Waals surface area contributed by atoms with Gasteiger partial charge in [-0.15, -0.1) is 0 Å². The average Bonchev–Trinajstić information content (AvgIpc) is 2.67. The van der Waals surface area contributed by atoms with Crippen molar-refractivity contribution >= 4 is 5.96 Å². The molecule has 0 radical (unpaired) electrons. The van der Waals surface area contributed by atoms with Crippen molar-refractivity contribution in [2.75, 3.05) is 33.9 Å². The first-order valence-electron chi connectivity index (χ1n) is 8.77. The molecule has 2 aromatic rings. The second kappa shape index (κ2) is 10.3. The molecule has 0 saturated heterocycles. The number of likely N-dealkylation sites (N-methyl/N-ethyl adjacent to an activating group) is 1. The molecule has 0 aliphatic rings. The van der Waals surface area contributed by atoms with Crippen LogP contribution in [0.3, 0.4) is 0 Å². The highest BCUT2D eigenvalue weighted by Crippen LogP contribution is 2.23. The zero-order valence-corrected chi connectivity index (χ0v) is 15.9. The molecule has 0 amide bonds. The number of para-hydroxylation sites is 1. The number of hydrogen-bond acceptors (Lipinski definition) is 4. The summed E-state index contributed by atoms with van der Waals surface area (Å²) in [4.78, 5) is 6.44. The highest BCUT2D eigenvalue weighted by atomic mass is 19.1. The van der Waals surface area contributed by atoms with E-state index in [1.165, 1.54) is 6.07 Å². The second-order valence-corrected chi connectivity index (χ2v) is 5.87. The summed E-state index contributed by atoms with van der Waals surface area (Å²) in [6.07, 6.45) is 0. The van der Waals surface area contributed by atoms with Gasteiger partial charge in [0.15, 0.2) is 17.5 Å². The quantitative estimate of drug-likeness (QED) is 0.548. The van der Waals surface area contributed by atoms with Crippen LogP contribution in [0.4, 0.5) is 4.39 Å². The van der Waals surface area contributed by atoms with Gasteiger partial charge in [0.05, 0.1) is 20.2 Å². The van der Waals surface area contributed by atoms with Crippen LogP contribution in [0.2, 0.25) is 0 Å². The first kappa shape index (κ1) is 20.4. The van der Waals surface area contributed by atoms with Crippen molar-refractivity contribution in [3.8, 4) is 17.2 Å². The molecular weight excluding hydrogens is 349 g/mol. The SMILES string of the molecule is CCNC(=NCc1cc(OC)ccc1O)N(C)CCOc1ccccc1F. The Balaban J connectivity index is 1.98. The van der Waals surface area contributed by atoms with E-state index in [1.54, 1.807) is 43.5 Å². The van der Waals surface area contributed by atoms with E-state index in [0.29, 0.717) is 43.5 Å². The largest absolute Gasteiger partial charge is 0.508 e. The van der Waals surface area contributed by atoms with Crippen molar-refractivity contribution in [1.29, 1.82) is 0 Å². The summed E-state index contributed by atoms with van der Waals surface area (Å²) in [6.45, 7) is 3.80. The van der Waals surface area contributed by atoms with Crippen LogP contribution >= 0.6 is 0 Å². The second-order valence-electron chi connectivity index (χ2n) is 5.87. The third-order valence-electron chi connectivity index (χ3n) is 3.90. The van der Waals surface area contributed by atoms with E-state index in [1.807, 2.05) is 18.9 Å². The van der Waals surface area contributed by atoms with E-state index in [0.717, 1.165) is 0 Å². The molecule has 27 heavy (non-hydrogen) atoms. The lowest BCUT2D eigenvalue weighted by Crippen LogP contribution is -2.40. The monoisotopic (exact) mass is 375 g/mol. The van der Waals surface area contributed by atoms with Gasteiger partial charge in [0.2, 0.25) is 0 Å². The Morgan fingerprint density at radius 2 is 2.04 bits per heavy atom. The molecule has 0 bridgehead atoms. The number of guanidine groups is 1. The number of phenols is 1. The lowest BCUT2D eigenvalue weighted by atomic mass is 10.2. The van der Waals surface area contributed by atoms with Gasteiger partial charge in [0.1, 0.15) is 18.1 Å². The van der Waals surface area contributed by atoms with Crippen LogP contribution < -0.4 is 14.8 Å². The molecule has 0 heterocycles. The average molecular weight is 375 g/mol. The fourth-order valence-electron chi connectivity index (χ4n) is 2.41. The number of aliphatic imine (C=N–C) groups is 1. The zero-order valence-electron chi connectivity index (χ0n) is 15.9. The summed E-state index contributed by atoms with van der Waals surface area (Å²) in [5, 5.41) is 13.2. The predicted molar refractivity (Wildman–Crippen MR) is 104 cm³/mol. The van der Waals surface area contributed by atoms with Crippen molar-refractivity contribution in [3.63, 3.8) is 0 Å². The fourth-order valence-corrected chi connectivity index (χ4v) is 2.41. The van der Waals surface area contributed by atoms with Crippen molar-refractivity contribution in [3.05, 3.63) is 53.8 Å². The topological polar surface area (TPSA) is 66.3 Å². The van der Waals surface area contributed by atoms with E-state index in [9.17, 15) is 9.50 Å². The number of hydrogen-bond donors (Lipinski definition) is 2. The van der Waals surface area contributed by atoms with Gasteiger partial charge in [-0.1, -0.05) is 12.1 Å². The van der Waals surface area contributed by atoms with Crippen molar-refractivity contribution in [2.45, 2.75) is 13.5 Å². The first-order valence-corrected chi connectivity index (χ1v) is 8.77. The molecule has 0 aliphatic carbocycles. The Morgan fingerprint density at radius 3 is 2.74 bits per heavy atom. The van der Waals surface area contributed by atoms with Crippen LogP contribution in [0.15, 0.2) is 47.5 Å². The maximum absolute atomic E-state index is 13.6. The number of phenolic OH excluding ortho intramolecular Hbond substituents is 1. The van der Waals surface area contributed by atoms with Gasteiger partial charge in [0, 0.05) is 19.2 Å². The third kappa shape index (κ3) is 6.06. The van der Waals surface area contributed by atoms with E-state index in [2.05, 4.69) is 10.3 Å². The molecule has 0 unspecified atom stereocenters. The van der Waals surface area contributed by atoms with Crippen LogP contribution in [-0.2, 0) is 6.54 Å². The summed E-state index contributed by atoms with van der Waals surface area (Å²) < 4.78 is 24.3. The smallest absolute Gasteiger partial charge is 0.194 e. The number of methoxy groups -OCH3 is 1. The Morgan fingerprint density at radius 1 is 1.26 bits per heavy atom. The molecule has 146 valence electrons. The highest BCUT2D eigenvalue weighted by molar-refractivity contribution is 5.79. The lowest BCUT2D eigenvalue weighted by Gasteiger charge is -2.22. The summed E-state index contributed by atoms with van der Waals surface area (Å²) in [6, 6.07) is 11.4. The van der Waals surface area contributed by atoms with E-state index in [-0.39, 0.29) is 17.3 Å². The highest BCUT2D eigenvalue weighted by Gasteiger charge is 2.09. The maximum atomic E-state index is 13.6. The molecular formula is C20H26FN3O3. The Hall–Kier alpha value is -2.96.